The molecule has 1 aromatic rings. The second kappa shape index (κ2) is 4.94. The van der Waals surface area contributed by atoms with Crippen LogP contribution in [0.4, 0.5) is 4.39 Å². The van der Waals surface area contributed by atoms with Gasteiger partial charge in [0.2, 0.25) is 5.96 Å². The molecule has 1 aromatic carbocycles. The fourth-order valence-electron chi connectivity index (χ4n) is 1.00. The van der Waals surface area contributed by atoms with E-state index >= 15 is 0 Å². The molecule has 0 bridgehead atoms. The Kier molecular flexibility index (Phi) is 3.61. The summed E-state index contributed by atoms with van der Waals surface area (Å²) in [4.78, 5) is 0. The third kappa shape index (κ3) is 2.94. The molecule has 0 saturated heterocycles. The molecule has 0 heterocycles. The zero-order chi connectivity index (χ0) is 11.3. The fourth-order valence-corrected chi connectivity index (χ4v) is 1.00. The fraction of sp³-hybridized carbons (Fsp3) is 0.111. The first kappa shape index (κ1) is 11.0. The van der Waals surface area contributed by atoms with Crippen molar-refractivity contribution in [2.45, 2.75) is 0 Å². The van der Waals surface area contributed by atoms with Gasteiger partial charge < -0.3 is 16.2 Å². The van der Waals surface area contributed by atoms with E-state index < -0.39 is 5.82 Å². The zero-order valence-electron chi connectivity index (χ0n) is 8.14. The Labute approximate surface area is 86.2 Å². The minimum Gasteiger partial charge on any atom is -0.493 e. The highest BCUT2D eigenvalue weighted by molar-refractivity contribution is 5.84. The first-order chi connectivity index (χ1) is 7.15. The Bertz CT molecular complexity index is 399. The summed E-state index contributed by atoms with van der Waals surface area (Å²) in [6, 6.07) is 4.46. The van der Waals surface area contributed by atoms with Gasteiger partial charge >= 0.3 is 0 Å². The summed E-state index contributed by atoms with van der Waals surface area (Å²) < 4.78 is 18.0. The third-order valence-electron chi connectivity index (χ3n) is 1.57. The van der Waals surface area contributed by atoms with Crippen molar-refractivity contribution in [2.24, 2.45) is 21.7 Å². The van der Waals surface area contributed by atoms with Crippen molar-refractivity contribution in [3.63, 3.8) is 0 Å². The van der Waals surface area contributed by atoms with Crippen LogP contribution in [-0.4, -0.2) is 19.3 Å². The van der Waals surface area contributed by atoms with Gasteiger partial charge in [0, 0.05) is 5.56 Å². The van der Waals surface area contributed by atoms with Gasteiger partial charge in [-0.1, -0.05) is 6.07 Å². The molecule has 0 atom stereocenters. The van der Waals surface area contributed by atoms with E-state index in [0.29, 0.717) is 5.56 Å². The molecule has 0 aliphatic heterocycles. The van der Waals surface area contributed by atoms with Crippen molar-refractivity contribution in [1.82, 2.24) is 0 Å². The number of hydrogen-bond donors (Lipinski definition) is 2. The predicted molar refractivity (Wildman–Crippen MR) is 56.4 cm³/mol. The number of rotatable bonds is 3. The second-order valence-corrected chi connectivity index (χ2v) is 2.63. The van der Waals surface area contributed by atoms with Gasteiger partial charge in [-0.3, -0.25) is 0 Å². The van der Waals surface area contributed by atoms with E-state index in [2.05, 4.69) is 10.2 Å². The molecule has 0 amide bonds. The Morgan fingerprint density at radius 3 is 2.80 bits per heavy atom. The minimum absolute atomic E-state index is 0.104. The van der Waals surface area contributed by atoms with Gasteiger partial charge in [-0.05, 0) is 12.1 Å². The van der Waals surface area contributed by atoms with Gasteiger partial charge in [-0.25, -0.2) is 4.39 Å². The van der Waals surface area contributed by atoms with Gasteiger partial charge in [0.1, 0.15) is 0 Å². The molecule has 6 heteroatoms. The predicted octanol–water partition coefficient (Wildman–Crippen LogP) is 0.442. The van der Waals surface area contributed by atoms with Crippen LogP contribution in [0.1, 0.15) is 5.56 Å². The van der Waals surface area contributed by atoms with Gasteiger partial charge in [-0.2, -0.15) is 5.10 Å². The Morgan fingerprint density at radius 1 is 1.47 bits per heavy atom. The lowest BCUT2D eigenvalue weighted by molar-refractivity contribution is 0.386. The summed E-state index contributed by atoms with van der Waals surface area (Å²) in [6.45, 7) is 0. The largest absolute Gasteiger partial charge is 0.493 e. The van der Waals surface area contributed by atoms with Crippen molar-refractivity contribution in [2.75, 3.05) is 7.11 Å². The van der Waals surface area contributed by atoms with Crippen LogP contribution in [0.25, 0.3) is 0 Å². The highest BCUT2D eigenvalue weighted by Gasteiger charge is 2.05. The average molecular weight is 210 g/mol. The number of methoxy groups -OCH3 is 1. The lowest BCUT2D eigenvalue weighted by atomic mass is 10.2. The summed E-state index contributed by atoms with van der Waals surface area (Å²) in [6.07, 6.45) is 1.31. The lowest BCUT2D eigenvalue weighted by Crippen LogP contribution is -2.21. The van der Waals surface area contributed by atoms with E-state index in [0.717, 1.165) is 0 Å². The number of nitrogens with zero attached hydrogens (tertiary/aromatic N) is 2. The minimum atomic E-state index is -0.467. The van der Waals surface area contributed by atoms with Gasteiger partial charge in [0.25, 0.3) is 0 Å². The van der Waals surface area contributed by atoms with Crippen LogP contribution in [0.3, 0.4) is 0 Å². The SMILES string of the molecule is COc1c(F)cccc1C=NN=C(N)N. The number of hydrogen-bond acceptors (Lipinski definition) is 3. The maximum absolute atomic E-state index is 13.2. The van der Waals surface area contributed by atoms with Crippen LogP contribution in [0.2, 0.25) is 0 Å². The maximum atomic E-state index is 13.2. The molecule has 4 N–H and O–H groups in total. The zero-order valence-corrected chi connectivity index (χ0v) is 8.14. The number of nitrogens with two attached hydrogens (primary N) is 2. The van der Waals surface area contributed by atoms with E-state index in [-0.39, 0.29) is 11.7 Å². The van der Waals surface area contributed by atoms with Crippen molar-refractivity contribution in [3.8, 4) is 5.75 Å². The van der Waals surface area contributed by atoms with Crippen LogP contribution < -0.4 is 16.2 Å². The molecule has 1 rings (SSSR count). The Balaban J connectivity index is 2.99. The molecule has 0 saturated carbocycles. The number of halogens is 1. The van der Waals surface area contributed by atoms with E-state index in [4.69, 9.17) is 16.2 Å². The summed E-state index contributed by atoms with van der Waals surface area (Å²) in [5.74, 6) is -0.528. The van der Waals surface area contributed by atoms with Crippen LogP contribution in [0.15, 0.2) is 28.4 Å². The molecular weight excluding hydrogens is 199 g/mol. The molecular formula is C9H11FN4O. The summed E-state index contributed by atoms with van der Waals surface area (Å²) in [7, 11) is 1.37. The monoisotopic (exact) mass is 210 g/mol. The molecule has 15 heavy (non-hydrogen) atoms. The van der Waals surface area contributed by atoms with Crippen molar-refractivity contribution >= 4 is 12.2 Å². The normalized spacial score (nSPS) is 10.3. The second-order valence-electron chi connectivity index (χ2n) is 2.63. The van der Waals surface area contributed by atoms with Crippen LogP contribution >= 0.6 is 0 Å². The molecule has 5 nitrogen and oxygen atoms in total. The summed E-state index contributed by atoms with van der Waals surface area (Å²) >= 11 is 0. The molecule has 0 spiro atoms. The Hall–Kier alpha value is -2.11. The molecule has 0 aliphatic carbocycles. The highest BCUT2D eigenvalue weighted by atomic mass is 19.1. The first-order valence-electron chi connectivity index (χ1n) is 4.09. The molecule has 0 fully saturated rings. The molecule has 0 aliphatic rings. The van der Waals surface area contributed by atoms with Crippen molar-refractivity contribution < 1.29 is 9.13 Å². The summed E-state index contributed by atoms with van der Waals surface area (Å²) in [5, 5.41) is 6.95. The number of ether oxygens (including phenoxy) is 1. The maximum Gasteiger partial charge on any atom is 0.211 e. The highest BCUT2D eigenvalue weighted by Crippen LogP contribution is 2.20. The summed E-state index contributed by atoms with van der Waals surface area (Å²) in [5.41, 5.74) is 10.6. The van der Waals surface area contributed by atoms with Crippen LogP contribution in [0.5, 0.6) is 5.75 Å². The molecule has 0 radical (unpaired) electrons. The van der Waals surface area contributed by atoms with E-state index in [9.17, 15) is 4.39 Å². The number of benzene rings is 1. The van der Waals surface area contributed by atoms with Gasteiger partial charge in [0.05, 0.1) is 13.3 Å². The number of guanidine groups is 1. The molecule has 0 aromatic heterocycles. The smallest absolute Gasteiger partial charge is 0.211 e. The molecule has 80 valence electrons. The van der Waals surface area contributed by atoms with Gasteiger partial charge in [0.15, 0.2) is 11.6 Å². The van der Waals surface area contributed by atoms with Crippen LogP contribution in [-0.2, 0) is 0 Å². The van der Waals surface area contributed by atoms with Crippen LogP contribution in [0, 0.1) is 5.82 Å². The number of para-hydroxylation sites is 1. The van der Waals surface area contributed by atoms with Crippen molar-refractivity contribution in [3.05, 3.63) is 29.6 Å². The quantitative estimate of drug-likeness (QED) is 0.431. The van der Waals surface area contributed by atoms with E-state index in [1.54, 1.807) is 6.07 Å². The average Bonchev–Trinajstić information content (AvgIpc) is 2.17. The lowest BCUT2D eigenvalue weighted by Gasteiger charge is -2.03. The van der Waals surface area contributed by atoms with Gasteiger partial charge in [-0.15, -0.1) is 5.10 Å². The van der Waals surface area contributed by atoms with E-state index in [1.807, 2.05) is 0 Å². The first-order valence-corrected chi connectivity index (χ1v) is 4.09. The topological polar surface area (TPSA) is 86.0 Å². The Morgan fingerprint density at radius 2 is 2.20 bits per heavy atom. The molecule has 0 unspecified atom stereocenters. The van der Waals surface area contributed by atoms with Crippen molar-refractivity contribution in [1.29, 1.82) is 0 Å². The van der Waals surface area contributed by atoms with E-state index in [1.165, 1.54) is 25.5 Å². The standard InChI is InChI=1S/C9H11FN4O/c1-15-8-6(3-2-4-7(8)10)5-13-14-9(11)12/h2-5H,1H3,(H4,11,12,14). The third-order valence-corrected chi connectivity index (χ3v) is 1.57.